The Labute approximate surface area is 86.1 Å². The van der Waals surface area contributed by atoms with Gasteiger partial charge in [-0.25, -0.2) is 4.79 Å². The molecule has 0 spiro atoms. The van der Waals surface area contributed by atoms with Crippen molar-refractivity contribution in [2.24, 2.45) is 0 Å². The highest BCUT2D eigenvalue weighted by Gasteiger charge is 2.24. The lowest BCUT2D eigenvalue weighted by molar-refractivity contribution is -0.161. The number of carbonyl (C=O) groups is 2. The van der Waals surface area contributed by atoms with Gasteiger partial charge in [0, 0.05) is 13.1 Å². The van der Waals surface area contributed by atoms with Crippen molar-refractivity contribution in [1.29, 1.82) is 0 Å². The highest BCUT2D eigenvalue weighted by atomic mass is 19.1. The van der Waals surface area contributed by atoms with Gasteiger partial charge in [-0.15, -0.1) is 4.39 Å². The highest BCUT2D eigenvalue weighted by Crippen LogP contribution is 1.98. The third-order valence-electron chi connectivity index (χ3n) is 1.82. The van der Waals surface area contributed by atoms with Gasteiger partial charge in [0.2, 0.25) is 0 Å². The van der Waals surface area contributed by atoms with E-state index in [9.17, 15) is 14.0 Å². The van der Waals surface area contributed by atoms with Crippen molar-refractivity contribution in [3.63, 3.8) is 0 Å². The Balaban J connectivity index is 2.36. The Kier molecular flexibility index (Phi) is 4.57. The molecule has 1 fully saturated rings. The van der Waals surface area contributed by atoms with Crippen molar-refractivity contribution in [3.8, 4) is 12.1 Å². The van der Waals surface area contributed by atoms with E-state index in [1.807, 2.05) is 5.92 Å². The Morgan fingerprint density at radius 1 is 1.40 bits per heavy atom. The second-order valence-electron chi connectivity index (χ2n) is 2.75. The van der Waals surface area contributed by atoms with E-state index in [1.54, 1.807) is 0 Å². The van der Waals surface area contributed by atoms with E-state index >= 15 is 0 Å². The smallest absolute Gasteiger partial charge is 0.397 e. The van der Waals surface area contributed by atoms with E-state index in [0.717, 1.165) is 6.17 Å². The molecule has 6 heteroatoms. The molecule has 0 N–H and O–H groups in total. The van der Waals surface area contributed by atoms with Gasteiger partial charge in [0.05, 0.1) is 13.2 Å². The summed E-state index contributed by atoms with van der Waals surface area (Å²) in [6.45, 7) is 1.13. The zero-order valence-corrected chi connectivity index (χ0v) is 7.99. The van der Waals surface area contributed by atoms with Crippen LogP contribution in [0.2, 0.25) is 0 Å². The Morgan fingerprint density at radius 2 is 2.07 bits per heavy atom. The van der Waals surface area contributed by atoms with Crippen LogP contribution in [-0.4, -0.2) is 49.7 Å². The van der Waals surface area contributed by atoms with Gasteiger partial charge in [0.25, 0.3) is 0 Å². The van der Waals surface area contributed by atoms with Crippen LogP contribution in [0.5, 0.6) is 0 Å². The first-order valence-electron chi connectivity index (χ1n) is 4.38. The van der Waals surface area contributed by atoms with E-state index in [4.69, 9.17) is 4.74 Å². The molecule has 1 rings (SSSR count). The fourth-order valence-electron chi connectivity index (χ4n) is 1.09. The number of halogens is 1. The van der Waals surface area contributed by atoms with Gasteiger partial charge in [0.1, 0.15) is 6.17 Å². The van der Waals surface area contributed by atoms with Gasteiger partial charge < -0.3 is 14.4 Å². The molecule has 0 aromatic heterocycles. The third kappa shape index (κ3) is 3.56. The molecule has 0 saturated carbocycles. The number of carbonyl (C=O) groups excluding carboxylic acids is 2. The quantitative estimate of drug-likeness (QED) is 0.330. The summed E-state index contributed by atoms with van der Waals surface area (Å²) in [6.07, 6.45) is 1.07. The number of rotatable bonds is 1. The van der Waals surface area contributed by atoms with Crippen LogP contribution in [-0.2, 0) is 19.1 Å². The lowest BCUT2D eigenvalue weighted by Crippen LogP contribution is -2.44. The number of nitrogens with zero attached hydrogens (tertiary/aromatic N) is 1. The molecule has 1 saturated heterocycles. The zero-order valence-electron chi connectivity index (χ0n) is 7.99. The average molecular weight is 215 g/mol. The van der Waals surface area contributed by atoms with E-state index in [2.05, 4.69) is 4.74 Å². The molecule has 1 aliphatic heterocycles. The molecule has 0 atom stereocenters. The average Bonchev–Trinajstić information content (AvgIpc) is 2.29. The Bertz CT molecular complexity index is 301. The first kappa shape index (κ1) is 11.5. The lowest BCUT2D eigenvalue weighted by Gasteiger charge is -2.25. The summed E-state index contributed by atoms with van der Waals surface area (Å²) in [5.41, 5.74) is 0. The normalized spacial score (nSPS) is 15.1. The molecule has 82 valence electrons. The first-order chi connectivity index (χ1) is 7.25. The maximum absolute atomic E-state index is 11.3. The fraction of sp³-hybridized carbons (Fsp3) is 0.556. The molecule has 1 amide bonds. The van der Waals surface area contributed by atoms with E-state index < -0.39 is 18.5 Å². The minimum absolute atomic E-state index is 0.364. The molecule has 15 heavy (non-hydrogen) atoms. The van der Waals surface area contributed by atoms with Gasteiger partial charge in [0.15, 0.2) is 6.61 Å². The topological polar surface area (TPSA) is 55.8 Å². The van der Waals surface area contributed by atoms with Crippen LogP contribution >= 0.6 is 0 Å². The number of ether oxygens (including phenoxy) is 2. The second-order valence-corrected chi connectivity index (χ2v) is 2.75. The van der Waals surface area contributed by atoms with Crippen molar-refractivity contribution in [2.45, 2.75) is 0 Å². The second kappa shape index (κ2) is 5.98. The molecule has 0 radical (unpaired) electrons. The van der Waals surface area contributed by atoms with Crippen molar-refractivity contribution in [3.05, 3.63) is 0 Å². The lowest BCUT2D eigenvalue weighted by atomic mass is 10.4. The van der Waals surface area contributed by atoms with Gasteiger partial charge in [-0.2, -0.15) is 0 Å². The third-order valence-corrected chi connectivity index (χ3v) is 1.82. The van der Waals surface area contributed by atoms with Gasteiger partial charge >= 0.3 is 11.9 Å². The molecule has 0 aromatic rings. The van der Waals surface area contributed by atoms with Crippen LogP contribution in [0.25, 0.3) is 0 Å². The molecule has 1 heterocycles. The van der Waals surface area contributed by atoms with Gasteiger partial charge in [-0.1, -0.05) is 0 Å². The zero-order chi connectivity index (χ0) is 11.1. The summed E-state index contributed by atoms with van der Waals surface area (Å²) in [4.78, 5) is 23.7. The number of hydrogen-bond donors (Lipinski definition) is 0. The standard InChI is InChI=1S/C9H10FNO4/c10-2-1-5-15-9(13)8(12)11-3-6-14-7-4-11/h3-7H2. The predicted octanol–water partition coefficient (Wildman–Crippen LogP) is -0.681. The Morgan fingerprint density at radius 3 is 2.67 bits per heavy atom. The van der Waals surface area contributed by atoms with Crippen LogP contribution in [0, 0.1) is 12.1 Å². The number of hydrogen-bond acceptors (Lipinski definition) is 4. The highest BCUT2D eigenvalue weighted by molar-refractivity contribution is 6.32. The van der Waals surface area contributed by atoms with Gasteiger partial charge in [-0.05, 0) is 5.92 Å². The van der Waals surface area contributed by atoms with Crippen LogP contribution in [0.1, 0.15) is 0 Å². The minimum Gasteiger partial charge on any atom is -0.445 e. The van der Waals surface area contributed by atoms with Crippen LogP contribution in [0.4, 0.5) is 4.39 Å². The summed E-state index contributed by atoms with van der Waals surface area (Å²) >= 11 is 0. The fourth-order valence-corrected chi connectivity index (χ4v) is 1.09. The van der Waals surface area contributed by atoms with E-state index in [-0.39, 0.29) is 0 Å². The maximum Gasteiger partial charge on any atom is 0.397 e. The predicted molar refractivity (Wildman–Crippen MR) is 47.2 cm³/mol. The number of morpholine rings is 1. The number of amides is 1. The van der Waals surface area contributed by atoms with Crippen LogP contribution in [0.15, 0.2) is 0 Å². The summed E-state index contributed by atoms with van der Waals surface area (Å²) in [5, 5.41) is 0. The molecular weight excluding hydrogens is 205 g/mol. The molecular formula is C9H10FNO4. The molecule has 0 unspecified atom stereocenters. The summed E-state index contributed by atoms with van der Waals surface area (Å²) in [7, 11) is 0. The Hall–Kier alpha value is -1.61. The summed E-state index contributed by atoms with van der Waals surface area (Å²) in [6, 6.07) is 0. The summed E-state index contributed by atoms with van der Waals surface area (Å²) in [5.74, 6) is 0.131. The first-order valence-corrected chi connectivity index (χ1v) is 4.38. The van der Waals surface area contributed by atoms with Crippen molar-refractivity contribution < 1.29 is 23.5 Å². The monoisotopic (exact) mass is 215 g/mol. The molecule has 1 aliphatic rings. The van der Waals surface area contributed by atoms with Crippen LogP contribution < -0.4 is 0 Å². The molecule has 5 nitrogen and oxygen atoms in total. The van der Waals surface area contributed by atoms with Crippen LogP contribution in [0.3, 0.4) is 0 Å². The minimum atomic E-state index is -1.01. The van der Waals surface area contributed by atoms with Crippen molar-refractivity contribution >= 4 is 11.9 Å². The summed E-state index contributed by atoms with van der Waals surface area (Å²) < 4.78 is 20.8. The van der Waals surface area contributed by atoms with Crippen molar-refractivity contribution in [2.75, 3.05) is 32.9 Å². The maximum atomic E-state index is 11.3. The largest absolute Gasteiger partial charge is 0.445 e. The van der Waals surface area contributed by atoms with Gasteiger partial charge in [-0.3, -0.25) is 4.79 Å². The van der Waals surface area contributed by atoms with E-state index in [0.29, 0.717) is 26.3 Å². The number of esters is 1. The van der Waals surface area contributed by atoms with E-state index in [1.165, 1.54) is 4.90 Å². The molecule has 0 bridgehead atoms. The molecule has 0 aromatic carbocycles. The SMILES string of the molecule is O=C(OCC#CF)C(=O)N1CCOCC1. The van der Waals surface area contributed by atoms with Crippen molar-refractivity contribution in [1.82, 2.24) is 4.90 Å². The molecule has 0 aliphatic carbocycles.